The maximum atomic E-state index is 6.28. The minimum Gasteiger partial charge on any atom is -0.336 e. The van der Waals surface area contributed by atoms with Crippen molar-refractivity contribution in [2.75, 3.05) is 7.05 Å². The predicted molar refractivity (Wildman–Crippen MR) is 84.9 cm³/mol. The Bertz CT molecular complexity index is 538. The predicted octanol–water partition coefficient (Wildman–Crippen LogP) is 3.08. The molecule has 0 aliphatic carbocycles. The van der Waals surface area contributed by atoms with Crippen molar-refractivity contribution >= 4 is 11.8 Å². The number of nitrogens with zero attached hydrogens (tertiary/aromatic N) is 3. The molecule has 1 aromatic rings. The standard InChI is InChI=1S/C15H21ClN4/c1-12(2)13(8-6-5-7-9-20(4)16)15(17)14-10-18-11-19(14)3/h5-11,15H,1,17H2,2-4H3/b6-5+,9-7-,13-8+. The summed E-state index contributed by atoms with van der Waals surface area (Å²) in [5.41, 5.74) is 9.13. The summed E-state index contributed by atoms with van der Waals surface area (Å²) in [5, 5.41) is 0. The molecule has 1 rings (SSSR count). The summed E-state index contributed by atoms with van der Waals surface area (Å²) in [6.45, 7) is 5.93. The van der Waals surface area contributed by atoms with E-state index in [9.17, 15) is 0 Å². The van der Waals surface area contributed by atoms with Crippen LogP contribution in [-0.4, -0.2) is 21.0 Å². The molecule has 4 nitrogen and oxygen atoms in total. The number of hydrogen-bond donors (Lipinski definition) is 1. The monoisotopic (exact) mass is 292 g/mol. The van der Waals surface area contributed by atoms with E-state index in [4.69, 9.17) is 17.5 Å². The molecule has 1 heterocycles. The Morgan fingerprint density at radius 3 is 2.70 bits per heavy atom. The fourth-order valence-corrected chi connectivity index (χ4v) is 1.79. The lowest BCUT2D eigenvalue weighted by molar-refractivity contribution is 0.739. The van der Waals surface area contributed by atoms with Crippen molar-refractivity contribution in [2.24, 2.45) is 12.8 Å². The normalized spacial score (nSPS) is 14.2. The van der Waals surface area contributed by atoms with E-state index >= 15 is 0 Å². The van der Waals surface area contributed by atoms with E-state index in [1.807, 2.05) is 42.8 Å². The van der Waals surface area contributed by atoms with Gasteiger partial charge in [-0.25, -0.2) is 4.98 Å². The molecule has 0 saturated heterocycles. The average Bonchev–Trinajstić information content (AvgIpc) is 2.78. The molecule has 0 saturated carbocycles. The molecule has 2 N–H and O–H groups in total. The zero-order chi connectivity index (χ0) is 15.1. The number of nitrogens with two attached hydrogens (primary N) is 1. The van der Waals surface area contributed by atoms with Crippen molar-refractivity contribution in [1.29, 1.82) is 0 Å². The maximum Gasteiger partial charge on any atom is 0.0946 e. The summed E-state index contributed by atoms with van der Waals surface area (Å²) in [5.74, 6) is 0. The first-order chi connectivity index (χ1) is 9.43. The fourth-order valence-electron chi connectivity index (χ4n) is 1.73. The third-order valence-electron chi connectivity index (χ3n) is 2.79. The molecule has 108 valence electrons. The van der Waals surface area contributed by atoms with Crippen LogP contribution in [0.25, 0.3) is 0 Å². The molecule has 0 fully saturated rings. The molecule has 1 atom stereocenters. The molecular weight excluding hydrogens is 272 g/mol. The number of halogens is 1. The largest absolute Gasteiger partial charge is 0.336 e. The van der Waals surface area contributed by atoms with Crippen LogP contribution in [0, 0.1) is 0 Å². The SMILES string of the molecule is C=C(C)\C(=C/C=C/C=C\N(C)Cl)C(N)c1cncn1C. The minimum absolute atomic E-state index is 0.246. The van der Waals surface area contributed by atoms with Crippen LogP contribution in [0.5, 0.6) is 0 Å². The number of rotatable bonds is 6. The van der Waals surface area contributed by atoms with Crippen molar-refractivity contribution in [1.82, 2.24) is 14.0 Å². The van der Waals surface area contributed by atoms with E-state index in [1.54, 1.807) is 25.8 Å². The molecule has 0 radical (unpaired) electrons. The first-order valence-corrected chi connectivity index (χ1v) is 6.58. The van der Waals surface area contributed by atoms with Crippen molar-refractivity contribution in [3.63, 3.8) is 0 Å². The Morgan fingerprint density at radius 2 is 2.20 bits per heavy atom. The van der Waals surface area contributed by atoms with Crippen LogP contribution in [0.15, 0.2) is 60.8 Å². The summed E-state index contributed by atoms with van der Waals surface area (Å²) < 4.78 is 3.36. The molecule has 1 aromatic heterocycles. The highest BCUT2D eigenvalue weighted by molar-refractivity contribution is 6.13. The van der Waals surface area contributed by atoms with Gasteiger partial charge in [-0.2, -0.15) is 0 Å². The van der Waals surface area contributed by atoms with Gasteiger partial charge >= 0.3 is 0 Å². The van der Waals surface area contributed by atoms with Crippen LogP contribution in [0.4, 0.5) is 0 Å². The molecule has 0 spiro atoms. The maximum absolute atomic E-state index is 6.28. The van der Waals surface area contributed by atoms with Gasteiger partial charge in [-0.3, -0.25) is 4.42 Å². The van der Waals surface area contributed by atoms with E-state index < -0.39 is 0 Å². The smallest absolute Gasteiger partial charge is 0.0946 e. The third-order valence-corrected chi connectivity index (χ3v) is 2.90. The second-order valence-corrected chi connectivity index (χ2v) is 5.09. The van der Waals surface area contributed by atoms with Crippen LogP contribution >= 0.6 is 11.8 Å². The second-order valence-electron chi connectivity index (χ2n) is 4.56. The highest BCUT2D eigenvalue weighted by Crippen LogP contribution is 2.23. The van der Waals surface area contributed by atoms with Crippen LogP contribution in [0.3, 0.4) is 0 Å². The van der Waals surface area contributed by atoms with Gasteiger partial charge in [0, 0.05) is 32.1 Å². The molecular formula is C15H21ClN4. The van der Waals surface area contributed by atoms with Crippen LogP contribution in [0.1, 0.15) is 18.7 Å². The van der Waals surface area contributed by atoms with E-state index in [0.717, 1.165) is 16.8 Å². The summed E-state index contributed by atoms with van der Waals surface area (Å²) in [7, 11) is 3.67. The highest BCUT2D eigenvalue weighted by atomic mass is 35.5. The number of imidazole rings is 1. The lowest BCUT2D eigenvalue weighted by atomic mass is 9.98. The minimum atomic E-state index is -0.246. The van der Waals surface area contributed by atoms with Gasteiger partial charge in [0.2, 0.25) is 0 Å². The molecule has 1 unspecified atom stereocenters. The van der Waals surface area contributed by atoms with Crippen molar-refractivity contribution < 1.29 is 0 Å². The zero-order valence-corrected chi connectivity index (χ0v) is 12.9. The Morgan fingerprint density at radius 1 is 1.50 bits per heavy atom. The molecule has 5 heteroatoms. The van der Waals surface area contributed by atoms with E-state index in [0.29, 0.717) is 0 Å². The lowest BCUT2D eigenvalue weighted by Crippen LogP contribution is -2.16. The Hall–Kier alpha value is -1.78. The van der Waals surface area contributed by atoms with Gasteiger partial charge in [0.05, 0.1) is 24.3 Å². The molecule has 0 amide bonds. The average molecular weight is 293 g/mol. The molecule has 0 bridgehead atoms. The van der Waals surface area contributed by atoms with Crippen LogP contribution in [-0.2, 0) is 7.05 Å². The Kier molecular flexibility index (Phi) is 6.28. The van der Waals surface area contributed by atoms with Gasteiger partial charge in [0.1, 0.15) is 0 Å². The van der Waals surface area contributed by atoms with E-state index in [2.05, 4.69) is 11.6 Å². The number of aromatic nitrogens is 2. The number of hydrogen-bond acceptors (Lipinski definition) is 3. The quantitative estimate of drug-likeness (QED) is 0.647. The zero-order valence-electron chi connectivity index (χ0n) is 12.1. The Labute approximate surface area is 125 Å². The van der Waals surface area contributed by atoms with Crippen molar-refractivity contribution in [3.05, 3.63) is 66.4 Å². The first-order valence-electron chi connectivity index (χ1n) is 6.24. The topological polar surface area (TPSA) is 47.1 Å². The summed E-state index contributed by atoms with van der Waals surface area (Å²) in [6.07, 6.45) is 12.9. The first kappa shape index (κ1) is 16.3. The fraction of sp³-hybridized carbons (Fsp3) is 0.267. The summed E-state index contributed by atoms with van der Waals surface area (Å²) >= 11 is 5.66. The van der Waals surface area contributed by atoms with Gasteiger partial charge in [-0.1, -0.05) is 30.4 Å². The van der Waals surface area contributed by atoms with Crippen LogP contribution in [0.2, 0.25) is 0 Å². The van der Waals surface area contributed by atoms with Gasteiger partial charge in [-0.05, 0) is 18.6 Å². The molecule has 20 heavy (non-hydrogen) atoms. The number of aryl methyl sites for hydroxylation is 1. The molecule has 0 aliphatic rings. The van der Waals surface area contributed by atoms with E-state index in [-0.39, 0.29) is 6.04 Å². The number of allylic oxidation sites excluding steroid dienone is 4. The van der Waals surface area contributed by atoms with Crippen molar-refractivity contribution in [2.45, 2.75) is 13.0 Å². The van der Waals surface area contributed by atoms with Gasteiger partial charge in [0.15, 0.2) is 0 Å². The Balaban J connectivity index is 2.89. The highest BCUT2D eigenvalue weighted by Gasteiger charge is 2.14. The lowest BCUT2D eigenvalue weighted by Gasteiger charge is -2.16. The van der Waals surface area contributed by atoms with E-state index in [1.165, 1.54) is 4.42 Å². The third kappa shape index (κ3) is 4.72. The van der Waals surface area contributed by atoms with Crippen LogP contribution < -0.4 is 5.73 Å². The van der Waals surface area contributed by atoms with Gasteiger partial charge in [0.25, 0.3) is 0 Å². The molecule has 0 aliphatic heterocycles. The second kappa shape index (κ2) is 7.72. The van der Waals surface area contributed by atoms with Gasteiger partial charge < -0.3 is 10.3 Å². The molecule has 0 aromatic carbocycles. The summed E-state index contributed by atoms with van der Waals surface area (Å²) in [6, 6.07) is -0.246. The van der Waals surface area contributed by atoms with Crippen molar-refractivity contribution in [3.8, 4) is 0 Å². The summed E-state index contributed by atoms with van der Waals surface area (Å²) in [4.78, 5) is 4.09. The van der Waals surface area contributed by atoms with Gasteiger partial charge in [-0.15, -0.1) is 0 Å².